The standard InChI is InChI=1S/C20H24N4OS/c1-14-12-16(3)24(23-14)18-9-7-17(8-10-18)20(25)21-11-5-4-6-19-22-15(2)13-26-19/h7-10,12-13H,4-6,11H2,1-3H3,(H,21,25). The normalized spacial score (nSPS) is 10.9. The van der Waals surface area contributed by atoms with Gasteiger partial charge in [-0.15, -0.1) is 11.3 Å². The van der Waals surface area contributed by atoms with Crippen LogP contribution in [0.5, 0.6) is 0 Å². The van der Waals surface area contributed by atoms with E-state index in [2.05, 4.69) is 20.8 Å². The van der Waals surface area contributed by atoms with Gasteiger partial charge in [0.15, 0.2) is 0 Å². The molecule has 0 unspecified atom stereocenters. The zero-order valence-corrected chi connectivity index (χ0v) is 16.3. The number of benzene rings is 1. The first-order chi connectivity index (χ1) is 12.5. The number of nitrogens with one attached hydrogen (secondary N) is 1. The zero-order chi connectivity index (χ0) is 18.5. The molecule has 0 saturated carbocycles. The molecular weight excluding hydrogens is 344 g/mol. The van der Waals surface area contributed by atoms with Gasteiger partial charge in [-0.2, -0.15) is 5.10 Å². The summed E-state index contributed by atoms with van der Waals surface area (Å²) in [4.78, 5) is 16.7. The van der Waals surface area contributed by atoms with Crippen molar-refractivity contribution in [3.05, 3.63) is 63.4 Å². The van der Waals surface area contributed by atoms with Gasteiger partial charge in [-0.1, -0.05) is 0 Å². The maximum Gasteiger partial charge on any atom is 0.251 e. The van der Waals surface area contributed by atoms with Crippen molar-refractivity contribution in [2.45, 2.75) is 40.0 Å². The molecule has 0 atom stereocenters. The lowest BCUT2D eigenvalue weighted by Crippen LogP contribution is -2.24. The van der Waals surface area contributed by atoms with Crippen molar-refractivity contribution >= 4 is 17.2 Å². The number of thiazole rings is 1. The molecule has 5 nitrogen and oxygen atoms in total. The van der Waals surface area contributed by atoms with Crippen LogP contribution in [0, 0.1) is 20.8 Å². The third kappa shape index (κ3) is 4.58. The lowest BCUT2D eigenvalue weighted by Gasteiger charge is -2.07. The average molecular weight is 369 g/mol. The van der Waals surface area contributed by atoms with Crippen LogP contribution in [0.1, 0.15) is 45.3 Å². The van der Waals surface area contributed by atoms with E-state index in [1.165, 1.54) is 5.01 Å². The second-order valence-corrected chi connectivity index (χ2v) is 7.42. The number of rotatable bonds is 7. The Bertz CT molecular complexity index is 880. The highest BCUT2D eigenvalue weighted by atomic mass is 32.1. The molecule has 2 aromatic heterocycles. The molecule has 0 aliphatic carbocycles. The van der Waals surface area contributed by atoms with Gasteiger partial charge in [-0.25, -0.2) is 9.67 Å². The van der Waals surface area contributed by atoms with E-state index >= 15 is 0 Å². The van der Waals surface area contributed by atoms with Crippen molar-refractivity contribution in [3.8, 4) is 5.69 Å². The second kappa shape index (κ2) is 8.27. The van der Waals surface area contributed by atoms with E-state index in [0.717, 1.165) is 42.0 Å². The van der Waals surface area contributed by atoms with Crippen LogP contribution in [0.4, 0.5) is 0 Å². The van der Waals surface area contributed by atoms with Crippen LogP contribution in [0.25, 0.3) is 5.69 Å². The molecular formula is C20H24N4OS. The summed E-state index contributed by atoms with van der Waals surface area (Å²) in [5, 5.41) is 10.7. The molecule has 136 valence electrons. The highest BCUT2D eigenvalue weighted by Gasteiger charge is 2.07. The molecule has 0 aliphatic heterocycles. The smallest absolute Gasteiger partial charge is 0.251 e. The predicted molar refractivity (Wildman–Crippen MR) is 105 cm³/mol. The Balaban J connectivity index is 1.46. The number of carbonyl (C=O) groups is 1. The molecule has 3 aromatic rings. The van der Waals surface area contributed by atoms with Crippen LogP contribution >= 0.6 is 11.3 Å². The monoisotopic (exact) mass is 368 g/mol. The van der Waals surface area contributed by atoms with Crippen LogP contribution < -0.4 is 5.32 Å². The van der Waals surface area contributed by atoms with Gasteiger partial charge in [0.2, 0.25) is 0 Å². The first-order valence-corrected chi connectivity index (χ1v) is 9.74. The van der Waals surface area contributed by atoms with Gasteiger partial charge in [-0.3, -0.25) is 4.79 Å². The van der Waals surface area contributed by atoms with E-state index in [-0.39, 0.29) is 5.91 Å². The SMILES string of the molecule is Cc1csc(CCCCNC(=O)c2ccc(-n3nc(C)cc3C)cc2)n1. The largest absolute Gasteiger partial charge is 0.352 e. The number of unbranched alkanes of at least 4 members (excludes halogenated alkanes) is 1. The van der Waals surface area contributed by atoms with Gasteiger partial charge >= 0.3 is 0 Å². The summed E-state index contributed by atoms with van der Waals surface area (Å²) >= 11 is 1.71. The Morgan fingerprint density at radius 2 is 1.88 bits per heavy atom. The van der Waals surface area contributed by atoms with Gasteiger partial charge in [0.05, 0.1) is 16.4 Å². The van der Waals surface area contributed by atoms with Gasteiger partial charge in [-0.05, 0) is 70.4 Å². The van der Waals surface area contributed by atoms with Crippen LogP contribution in [0.3, 0.4) is 0 Å². The van der Waals surface area contributed by atoms with Gasteiger partial charge in [0.1, 0.15) is 0 Å². The molecule has 0 spiro atoms. The van der Waals surface area contributed by atoms with Crippen molar-refractivity contribution in [1.82, 2.24) is 20.1 Å². The van der Waals surface area contributed by atoms with Crippen LogP contribution in [0.2, 0.25) is 0 Å². The number of aryl methyl sites for hydroxylation is 4. The molecule has 0 aliphatic rings. The molecule has 1 aromatic carbocycles. The van der Waals surface area contributed by atoms with Crippen LogP contribution in [0.15, 0.2) is 35.7 Å². The molecule has 0 fully saturated rings. The van der Waals surface area contributed by atoms with Crippen molar-refractivity contribution in [2.24, 2.45) is 0 Å². The fourth-order valence-corrected chi connectivity index (χ4v) is 3.69. The first-order valence-electron chi connectivity index (χ1n) is 8.86. The van der Waals surface area contributed by atoms with E-state index in [1.54, 1.807) is 11.3 Å². The second-order valence-electron chi connectivity index (χ2n) is 6.48. The summed E-state index contributed by atoms with van der Waals surface area (Å²) in [7, 11) is 0. The van der Waals surface area contributed by atoms with E-state index in [0.29, 0.717) is 12.1 Å². The fraction of sp³-hybridized carbons (Fsp3) is 0.350. The molecule has 1 amide bonds. The lowest BCUT2D eigenvalue weighted by molar-refractivity contribution is 0.0953. The Morgan fingerprint density at radius 3 is 2.50 bits per heavy atom. The first kappa shape index (κ1) is 18.3. The van der Waals surface area contributed by atoms with E-state index in [9.17, 15) is 4.79 Å². The molecule has 6 heteroatoms. The van der Waals surface area contributed by atoms with E-state index in [1.807, 2.05) is 55.8 Å². The third-order valence-corrected chi connectivity index (χ3v) is 5.18. The molecule has 0 radical (unpaired) electrons. The molecule has 1 N–H and O–H groups in total. The van der Waals surface area contributed by atoms with Crippen LogP contribution in [-0.4, -0.2) is 27.2 Å². The summed E-state index contributed by atoms with van der Waals surface area (Å²) in [5.74, 6) is -0.0324. The third-order valence-electron chi connectivity index (χ3n) is 4.15. The summed E-state index contributed by atoms with van der Waals surface area (Å²) in [6.45, 7) is 6.69. The number of nitrogens with zero attached hydrogens (tertiary/aromatic N) is 3. The van der Waals surface area contributed by atoms with Crippen molar-refractivity contribution < 1.29 is 4.79 Å². The molecule has 26 heavy (non-hydrogen) atoms. The quantitative estimate of drug-likeness (QED) is 0.641. The molecule has 2 heterocycles. The van der Waals surface area contributed by atoms with Crippen molar-refractivity contribution in [3.63, 3.8) is 0 Å². The van der Waals surface area contributed by atoms with Gasteiger partial charge in [0.25, 0.3) is 5.91 Å². The number of amides is 1. The van der Waals surface area contributed by atoms with Crippen molar-refractivity contribution in [2.75, 3.05) is 6.54 Å². The Hall–Kier alpha value is -2.47. The Kier molecular flexibility index (Phi) is 5.83. The summed E-state index contributed by atoms with van der Waals surface area (Å²) in [5.41, 5.74) is 4.78. The fourth-order valence-electron chi connectivity index (χ4n) is 2.87. The van der Waals surface area contributed by atoms with E-state index in [4.69, 9.17) is 0 Å². The minimum Gasteiger partial charge on any atom is -0.352 e. The summed E-state index contributed by atoms with van der Waals surface area (Å²) < 4.78 is 1.89. The predicted octanol–water partition coefficient (Wildman–Crippen LogP) is 4.01. The Labute approximate surface area is 158 Å². The summed E-state index contributed by atoms with van der Waals surface area (Å²) in [6, 6.07) is 9.59. The molecule has 0 bridgehead atoms. The highest BCUT2D eigenvalue weighted by molar-refractivity contribution is 7.09. The highest BCUT2D eigenvalue weighted by Crippen LogP contribution is 2.14. The Morgan fingerprint density at radius 1 is 1.12 bits per heavy atom. The van der Waals surface area contributed by atoms with Gasteiger partial charge in [0, 0.05) is 28.9 Å². The number of aromatic nitrogens is 3. The maximum absolute atomic E-state index is 12.3. The lowest BCUT2D eigenvalue weighted by atomic mass is 10.2. The molecule has 0 saturated heterocycles. The summed E-state index contributed by atoms with van der Waals surface area (Å²) in [6.07, 6.45) is 2.96. The number of hydrogen-bond donors (Lipinski definition) is 1. The average Bonchev–Trinajstić information content (AvgIpc) is 3.19. The molecule has 3 rings (SSSR count). The van der Waals surface area contributed by atoms with Crippen molar-refractivity contribution in [1.29, 1.82) is 0 Å². The number of hydrogen-bond acceptors (Lipinski definition) is 4. The van der Waals surface area contributed by atoms with Crippen LogP contribution in [-0.2, 0) is 6.42 Å². The minimum atomic E-state index is -0.0324. The maximum atomic E-state index is 12.3. The number of carbonyl (C=O) groups excluding carboxylic acids is 1. The van der Waals surface area contributed by atoms with E-state index < -0.39 is 0 Å². The van der Waals surface area contributed by atoms with Gasteiger partial charge < -0.3 is 5.32 Å². The topological polar surface area (TPSA) is 59.8 Å². The minimum absolute atomic E-state index is 0.0324. The zero-order valence-electron chi connectivity index (χ0n) is 15.5.